The number of methoxy groups -OCH3 is 1. The van der Waals surface area contributed by atoms with Crippen LogP contribution in [0.15, 0.2) is 61.1 Å². The van der Waals surface area contributed by atoms with Crippen LogP contribution in [0, 0.1) is 11.3 Å². The third-order valence-electron chi connectivity index (χ3n) is 5.31. The van der Waals surface area contributed by atoms with Crippen LogP contribution in [-0.2, 0) is 13.5 Å². The molecule has 30 heavy (non-hydrogen) atoms. The number of anilines is 1. The summed E-state index contributed by atoms with van der Waals surface area (Å²) in [5, 5.41) is 14.3. The molecular formula is C24H23N5O. The second-order valence-electron chi connectivity index (χ2n) is 7.08. The van der Waals surface area contributed by atoms with Crippen molar-refractivity contribution < 1.29 is 4.74 Å². The van der Waals surface area contributed by atoms with Crippen molar-refractivity contribution in [3.8, 4) is 11.8 Å². The molecule has 0 aliphatic heterocycles. The van der Waals surface area contributed by atoms with Gasteiger partial charge in [-0.15, -0.1) is 0 Å². The summed E-state index contributed by atoms with van der Waals surface area (Å²) in [7, 11) is 3.61. The average molecular weight is 397 g/mol. The molecule has 0 spiro atoms. The first-order chi connectivity index (χ1) is 14.7. The predicted octanol–water partition coefficient (Wildman–Crippen LogP) is 4.61. The highest BCUT2D eigenvalue weighted by atomic mass is 16.5. The summed E-state index contributed by atoms with van der Waals surface area (Å²) in [6, 6.07) is 16.0. The number of pyridine rings is 1. The third kappa shape index (κ3) is 3.46. The molecule has 6 nitrogen and oxygen atoms in total. The lowest BCUT2D eigenvalue weighted by molar-refractivity contribution is 0.414. The van der Waals surface area contributed by atoms with E-state index < -0.39 is 0 Å². The first kappa shape index (κ1) is 19.5. The summed E-state index contributed by atoms with van der Waals surface area (Å²) in [6.07, 6.45) is 6.20. The number of aromatic nitrogens is 3. The molecule has 2 aromatic carbocycles. The molecule has 0 bridgehead atoms. The van der Waals surface area contributed by atoms with E-state index in [1.165, 1.54) is 0 Å². The number of nitriles is 1. The van der Waals surface area contributed by atoms with E-state index in [0.29, 0.717) is 5.56 Å². The molecule has 4 rings (SSSR count). The van der Waals surface area contributed by atoms with E-state index in [1.54, 1.807) is 19.5 Å². The molecule has 2 heterocycles. The topological polar surface area (TPSA) is 75.8 Å². The van der Waals surface area contributed by atoms with Crippen LogP contribution < -0.4 is 10.1 Å². The highest BCUT2D eigenvalue weighted by Gasteiger charge is 2.22. The summed E-state index contributed by atoms with van der Waals surface area (Å²) in [4.78, 5) is 9.14. The SMILES string of the molecule is CCc1cccc2c(N[C@@H](c3cccc(OC)c3)c3nccn3C)c(C#N)cnc12. The molecule has 0 saturated carbocycles. The Bertz CT molecular complexity index is 1240. The van der Waals surface area contributed by atoms with Crippen molar-refractivity contribution in [2.75, 3.05) is 12.4 Å². The number of nitrogens with one attached hydrogen (secondary N) is 1. The summed E-state index contributed by atoms with van der Waals surface area (Å²) < 4.78 is 7.41. The van der Waals surface area contributed by atoms with Gasteiger partial charge in [0.1, 0.15) is 23.7 Å². The number of rotatable bonds is 6. The van der Waals surface area contributed by atoms with E-state index in [1.807, 2.05) is 54.2 Å². The summed E-state index contributed by atoms with van der Waals surface area (Å²) in [5.74, 6) is 1.60. The summed E-state index contributed by atoms with van der Waals surface area (Å²) in [6.45, 7) is 2.11. The standard InChI is InChI=1S/C24H23N5O/c1-4-16-7-6-10-20-21(16)27-15-18(14-25)22(20)28-23(24-26-11-12-29(24)2)17-8-5-9-19(13-17)30-3/h5-13,15,23H,4H2,1-3H3,(H,27,28)/t23-/m0/s1. The number of imidazole rings is 1. The Hall–Kier alpha value is -3.85. The smallest absolute Gasteiger partial charge is 0.135 e. The minimum absolute atomic E-state index is 0.275. The van der Waals surface area contributed by atoms with Gasteiger partial charge in [0.25, 0.3) is 0 Å². The maximum Gasteiger partial charge on any atom is 0.135 e. The number of benzene rings is 2. The van der Waals surface area contributed by atoms with Gasteiger partial charge in [-0.1, -0.05) is 37.3 Å². The minimum Gasteiger partial charge on any atom is -0.497 e. The number of para-hydroxylation sites is 1. The minimum atomic E-state index is -0.275. The highest BCUT2D eigenvalue weighted by molar-refractivity contribution is 5.96. The Morgan fingerprint density at radius 2 is 2.03 bits per heavy atom. The van der Waals surface area contributed by atoms with Crippen LogP contribution in [-0.4, -0.2) is 21.6 Å². The fourth-order valence-electron chi connectivity index (χ4n) is 3.73. The zero-order valence-electron chi connectivity index (χ0n) is 17.3. The molecule has 0 amide bonds. The summed E-state index contributed by atoms with van der Waals surface area (Å²) >= 11 is 0. The number of fused-ring (bicyclic) bond motifs is 1. The number of aryl methyl sites for hydroxylation is 2. The quantitative estimate of drug-likeness (QED) is 0.514. The molecule has 1 atom stereocenters. The van der Waals surface area contributed by atoms with Crippen LogP contribution in [0.25, 0.3) is 10.9 Å². The van der Waals surface area contributed by atoms with E-state index in [9.17, 15) is 5.26 Å². The lowest BCUT2D eigenvalue weighted by Gasteiger charge is -2.22. The molecule has 2 aromatic heterocycles. The molecule has 0 unspecified atom stereocenters. The highest BCUT2D eigenvalue weighted by Crippen LogP contribution is 2.34. The second kappa shape index (κ2) is 8.26. The average Bonchev–Trinajstić information content (AvgIpc) is 3.22. The van der Waals surface area contributed by atoms with Gasteiger partial charge in [-0.2, -0.15) is 5.26 Å². The lowest BCUT2D eigenvalue weighted by Crippen LogP contribution is -2.18. The Kier molecular flexibility index (Phi) is 5.36. The fourth-order valence-corrected chi connectivity index (χ4v) is 3.73. The maximum absolute atomic E-state index is 9.78. The maximum atomic E-state index is 9.78. The molecule has 150 valence electrons. The van der Waals surface area contributed by atoms with Crippen LogP contribution in [0.3, 0.4) is 0 Å². The third-order valence-corrected chi connectivity index (χ3v) is 5.31. The second-order valence-corrected chi connectivity index (χ2v) is 7.08. The number of hydrogen-bond acceptors (Lipinski definition) is 5. The molecule has 4 aromatic rings. The van der Waals surface area contributed by atoms with Crippen molar-refractivity contribution in [2.24, 2.45) is 7.05 Å². The van der Waals surface area contributed by atoms with Crippen LogP contribution in [0.5, 0.6) is 5.75 Å². The van der Waals surface area contributed by atoms with Crippen molar-refractivity contribution >= 4 is 16.6 Å². The Morgan fingerprint density at radius 1 is 1.20 bits per heavy atom. The molecule has 1 N–H and O–H groups in total. The molecule has 0 radical (unpaired) electrons. The lowest BCUT2D eigenvalue weighted by atomic mass is 10.0. The Labute approximate surface area is 175 Å². The van der Waals surface area contributed by atoms with E-state index in [4.69, 9.17) is 4.74 Å². The number of ether oxygens (including phenoxy) is 1. The fraction of sp³-hybridized carbons (Fsp3) is 0.208. The van der Waals surface area contributed by atoms with Crippen LogP contribution in [0.2, 0.25) is 0 Å². The van der Waals surface area contributed by atoms with Gasteiger partial charge in [0.05, 0.1) is 23.9 Å². The van der Waals surface area contributed by atoms with Gasteiger partial charge < -0.3 is 14.6 Å². The largest absolute Gasteiger partial charge is 0.497 e. The van der Waals surface area contributed by atoms with Crippen molar-refractivity contribution in [3.63, 3.8) is 0 Å². The zero-order valence-corrected chi connectivity index (χ0v) is 17.3. The Morgan fingerprint density at radius 3 is 2.73 bits per heavy atom. The van der Waals surface area contributed by atoms with Crippen molar-refractivity contribution in [3.05, 3.63) is 83.6 Å². The van der Waals surface area contributed by atoms with Crippen LogP contribution in [0.1, 0.15) is 35.5 Å². The van der Waals surface area contributed by atoms with Crippen molar-refractivity contribution in [1.29, 1.82) is 5.26 Å². The van der Waals surface area contributed by atoms with Crippen LogP contribution in [0.4, 0.5) is 5.69 Å². The van der Waals surface area contributed by atoms with Gasteiger partial charge in [0.2, 0.25) is 0 Å². The van der Waals surface area contributed by atoms with Crippen molar-refractivity contribution in [1.82, 2.24) is 14.5 Å². The van der Waals surface area contributed by atoms with E-state index in [-0.39, 0.29) is 6.04 Å². The van der Waals surface area contributed by atoms with Crippen molar-refractivity contribution in [2.45, 2.75) is 19.4 Å². The van der Waals surface area contributed by atoms with E-state index in [2.05, 4.69) is 34.3 Å². The first-order valence-corrected chi connectivity index (χ1v) is 9.84. The zero-order chi connectivity index (χ0) is 21.1. The van der Waals surface area contributed by atoms with Gasteiger partial charge >= 0.3 is 0 Å². The van der Waals surface area contributed by atoms with E-state index in [0.717, 1.165) is 45.7 Å². The summed E-state index contributed by atoms with van der Waals surface area (Å²) in [5.41, 5.74) is 4.30. The molecular weight excluding hydrogens is 374 g/mol. The molecule has 0 saturated heterocycles. The molecule has 6 heteroatoms. The molecule has 0 aliphatic carbocycles. The van der Waals surface area contributed by atoms with Gasteiger partial charge in [0.15, 0.2) is 0 Å². The normalized spacial score (nSPS) is 11.8. The van der Waals surface area contributed by atoms with Gasteiger partial charge in [-0.3, -0.25) is 4.98 Å². The van der Waals surface area contributed by atoms with E-state index >= 15 is 0 Å². The van der Waals surface area contributed by atoms with Gasteiger partial charge in [-0.05, 0) is 29.7 Å². The van der Waals surface area contributed by atoms with Crippen LogP contribution >= 0.6 is 0 Å². The van der Waals surface area contributed by atoms with Gasteiger partial charge in [-0.25, -0.2) is 4.98 Å². The number of nitrogens with zero attached hydrogens (tertiary/aromatic N) is 4. The molecule has 0 aliphatic rings. The predicted molar refractivity (Wildman–Crippen MR) is 118 cm³/mol. The molecule has 0 fully saturated rings. The monoisotopic (exact) mass is 397 g/mol. The number of hydrogen-bond donors (Lipinski definition) is 1. The van der Waals surface area contributed by atoms with Gasteiger partial charge in [0, 0.05) is 31.0 Å². The Balaban J connectivity index is 1.91. The first-order valence-electron chi connectivity index (χ1n) is 9.84.